The summed E-state index contributed by atoms with van der Waals surface area (Å²) in [5.74, 6) is 2.36. The zero-order valence-electron chi connectivity index (χ0n) is 9.49. The van der Waals surface area contributed by atoms with Gasteiger partial charge in [-0.1, -0.05) is 0 Å². The van der Waals surface area contributed by atoms with Crippen LogP contribution in [0.25, 0.3) is 0 Å². The Bertz CT molecular complexity index is 482. The van der Waals surface area contributed by atoms with Crippen LogP contribution in [0.5, 0.6) is 0 Å². The zero-order valence-corrected chi connectivity index (χ0v) is 9.49. The van der Waals surface area contributed by atoms with Crippen molar-refractivity contribution in [2.75, 3.05) is 23.4 Å². The number of amides is 1. The van der Waals surface area contributed by atoms with Crippen LogP contribution >= 0.6 is 0 Å². The van der Waals surface area contributed by atoms with E-state index in [1.165, 1.54) is 0 Å². The molecule has 1 aliphatic rings. The topological polar surface area (TPSA) is 97.3 Å². The number of carbonyl (C=O) groups excluding carboxylic acids is 1. The van der Waals surface area contributed by atoms with E-state index in [4.69, 9.17) is 11.6 Å². The minimum atomic E-state index is -0.871. The lowest BCUT2D eigenvalue weighted by Crippen LogP contribution is -2.28. The summed E-state index contributed by atoms with van der Waals surface area (Å²) in [6.45, 7) is 0.710. The van der Waals surface area contributed by atoms with Gasteiger partial charge in [0.05, 0.1) is 5.92 Å². The van der Waals surface area contributed by atoms with Gasteiger partial charge < -0.3 is 16.1 Å². The lowest BCUT2D eigenvalue weighted by Gasteiger charge is -2.18. The van der Waals surface area contributed by atoms with Gasteiger partial charge in [0.1, 0.15) is 0 Å². The molecule has 5 N–H and O–H groups in total. The summed E-state index contributed by atoms with van der Waals surface area (Å²) in [4.78, 5) is 16.3. The highest BCUT2D eigenvalue weighted by Gasteiger charge is 2.29. The Kier molecular flexibility index (Phi) is 3.28. The molecule has 0 bridgehead atoms. The molecule has 0 radical (unpaired) electrons. The highest BCUT2D eigenvalue weighted by Crippen LogP contribution is 2.27. The van der Waals surface area contributed by atoms with Crippen molar-refractivity contribution in [1.29, 1.82) is 0 Å². The second-order valence-electron chi connectivity index (χ2n) is 4.10. The predicted molar refractivity (Wildman–Crippen MR) is 61.5 cm³/mol. The minimum absolute atomic E-state index is 0.0342. The fraction of sp³-hybridized carbons (Fsp3) is 0.400. The van der Waals surface area contributed by atoms with E-state index in [2.05, 4.69) is 4.98 Å². The van der Waals surface area contributed by atoms with Crippen molar-refractivity contribution in [3.63, 3.8) is 0 Å². The van der Waals surface area contributed by atoms with Gasteiger partial charge in [-0.25, -0.2) is 19.6 Å². The monoisotopic (exact) mass is 257 g/mol. The van der Waals surface area contributed by atoms with E-state index in [-0.39, 0.29) is 24.1 Å². The average molecular weight is 257 g/mol. The van der Waals surface area contributed by atoms with Crippen molar-refractivity contribution in [1.82, 2.24) is 4.98 Å². The van der Waals surface area contributed by atoms with E-state index in [1.807, 2.05) is 5.43 Å². The second-order valence-corrected chi connectivity index (χ2v) is 4.10. The molecule has 1 fully saturated rings. The quantitative estimate of drug-likeness (QED) is 0.521. The fourth-order valence-corrected chi connectivity index (χ4v) is 1.96. The van der Waals surface area contributed by atoms with Crippen molar-refractivity contribution < 1.29 is 13.6 Å². The Morgan fingerprint density at radius 2 is 2.22 bits per heavy atom. The third-order valence-corrected chi connectivity index (χ3v) is 2.94. The number of halogens is 2. The minimum Gasteiger partial charge on any atom is -0.369 e. The second kappa shape index (κ2) is 4.73. The molecule has 0 saturated carbocycles. The molecular formula is C10H13F2N5O. The van der Waals surface area contributed by atoms with E-state index in [0.717, 1.165) is 0 Å². The zero-order chi connectivity index (χ0) is 13.3. The van der Waals surface area contributed by atoms with Crippen molar-refractivity contribution in [2.24, 2.45) is 17.5 Å². The molecule has 1 saturated heterocycles. The first-order chi connectivity index (χ1) is 8.52. The Morgan fingerprint density at radius 1 is 1.50 bits per heavy atom. The van der Waals surface area contributed by atoms with Crippen molar-refractivity contribution in [3.8, 4) is 0 Å². The summed E-state index contributed by atoms with van der Waals surface area (Å²) >= 11 is 0. The number of nitrogens with one attached hydrogen (secondary N) is 1. The maximum absolute atomic E-state index is 13.6. The van der Waals surface area contributed by atoms with Crippen LogP contribution in [0.1, 0.15) is 6.42 Å². The van der Waals surface area contributed by atoms with Gasteiger partial charge in [0.15, 0.2) is 23.3 Å². The van der Waals surface area contributed by atoms with Crippen LogP contribution in [0, 0.1) is 17.6 Å². The molecule has 1 unspecified atom stereocenters. The lowest BCUT2D eigenvalue weighted by atomic mass is 10.1. The van der Waals surface area contributed by atoms with Crippen LogP contribution in [0.2, 0.25) is 0 Å². The number of hydrazine groups is 1. The van der Waals surface area contributed by atoms with Crippen molar-refractivity contribution >= 4 is 17.5 Å². The highest BCUT2D eigenvalue weighted by atomic mass is 19.1. The normalized spacial score (nSPS) is 19.1. The number of hydrogen-bond acceptors (Lipinski definition) is 5. The summed E-state index contributed by atoms with van der Waals surface area (Å²) in [7, 11) is 0. The maximum Gasteiger partial charge on any atom is 0.222 e. The average Bonchev–Trinajstić information content (AvgIpc) is 2.78. The standard InChI is InChI=1S/C10H13F2N5O/c11-6-3-7(12)10(15-9(6)16-14)17-2-1-5(4-17)8(13)18/h3,5H,1-2,4,14H2,(H2,13,18)(H,15,16). The van der Waals surface area contributed by atoms with Crippen LogP contribution in [-0.2, 0) is 4.79 Å². The highest BCUT2D eigenvalue weighted by molar-refractivity contribution is 5.78. The molecule has 0 aliphatic carbocycles. The number of nitrogens with two attached hydrogens (primary N) is 2. The molecule has 1 aromatic rings. The largest absolute Gasteiger partial charge is 0.369 e. The summed E-state index contributed by atoms with van der Waals surface area (Å²) in [6.07, 6.45) is 0.527. The number of pyridine rings is 1. The summed E-state index contributed by atoms with van der Waals surface area (Å²) in [5, 5.41) is 0. The Morgan fingerprint density at radius 3 is 2.78 bits per heavy atom. The lowest BCUT2D eigenvalue weighted by molar-refractivity contribution is -0.121. The third-order valence-electron chi connectivity index (χ3n) is 2.94. The SMILES string of the molecule is NNc1nc(N2CCC(C(N)=O)C2)c(F)cc1F. The first-order valence-corrected chi connectivity index (χ1v) is 5.40. The van der Waals surface area contributed by atoms with Gasteiger partial charge >= 0.3 is 0 Å². The number of primary amides is 1. The molecule has 0 aromatic carbocycles. The Balaban J connectivity index is 2.26. The van der Waals surface area contributed by atoms with Crippen LogP contribution in [-0.4, -0.2) is 24.0 Å². The first-order valence-electron chi connectivity index (χ1n) is 5.40. The van der Waals surface area contributed by atoms with E-state index in [9.17, 15) is 13.6 Å². The van der Waals surface area contributed by atoms with E-state index in [0.29, 0.717) is 19.0 Å². The van der Waals surface area contributed by atoms with Gasteiger partial charge in [-0.2, -0.15) is 0 Å². The molecule has 18 heavy (non-hydrogen) atoms. The number of hydrogen-bond donors (Lipinski definition) is 3. The molecule has 8 heteroatoms. The number of anilines is 2. The van der Waals surface area contributed by atoms with Crippen LogP contribution in [0.3, 0.4) is 0 Å². The number of aromatic nitrogens is 1. The van der Waals surface area contributed by atoms with E-state index in [1.54, 1.807) is 4.90 Å². The van der Waals surface area contributed by atoms with Crippen LogP contribution in [0.4, 0.5) is 20.4 Å². The molecule has 0 spiro atoms. The van der Waals surface area contributed by atoms with Crippen LogP contribution < -0.4 is 21.9 Å². The molecule has 1 aliphatic heterocycles. The molecule has 98 valence electrons. The Hall–Kier alpha value is -1.96. The number of nitrogens with zero attached hydrogens (tertiary/aromatic N) is 2. The molecule has 1 aromatic heterocycles. The molecule has 6 nitrogen and oxygen atoms in total. The van der Waals surface area contributed by atoms with Gasteiger partial charge in [0, 0.05) is 19.2 Å². The summed E-state index contributed by atoms with van der Waals surface area (Å²) < 4.78 is 26.8. The van der Waals surface area contributed by atoms with E-state index < -0.39 is 17.5 Å². The Labute approximate surface area is 102 Å². The fourth-order valence-electron chi connectivity index (χ4n) is 1.96. The molecular weight excluding hydrogens is 244 g/mol. The van der Waals surface area contributed by atoms with Crippen molar-refractivity contribution in [3.05, 3.63) is 17.7 Å². The van der Waals surface area contributed by atoms with Crippen molar-refractivity contribution in [2.45, 2.75) is 6.42 Å². The third kappa shape index (κ3) is 2.19. The predicted octanol–water partition coefficient (Wildman–Crippen LogP) is -0.0430. The molecule has 2 rings (SSSR count). The maximum atomic E-state index is 13.6. The smallest absolute Gasteiger partial charge is 0.222 e. The number of nitrogen functional groups attached to an aromatic ring is 1. The summed E-state index contributed by atoms with van der Waals surface area (Å²) in [5.41, 5.74) is 7.23. The van der Waals surface area contributed by atoms with Gasteiger partial charge in [-0.3, -0.25) is 4.79 Å². The number of rotatable bonds is 3. The molecule has 2 heterocycles. The van der Waals surface area contributed by atoms with Crippen LogP contribution in [0.15, 0.2) is 6.07 Å². The molecule has 1 amide bonds. The summed E-state index contributed by atoms with van der Waals surface area (Å²) in [6, 6.07) is 0.703. The van der Waals surface area contributed by atoms with E-state index >= 15 is 0 Å². The van der Waals surface area contributed by atoms with Gasteiger partial charge in [0.2, 0.25) is 5.91 Å². The first kappa shape index (κ1) is 12.5. The number of carbonyl (C=O) groups is 1. The van der Waals surface area contributed by atoms with Gasteiger partial charge in [-0.05, 0) is 6.42 Å². The van der Waals surface area contributed by atoms with Gasteiger partial charge in [0.25, 0.3) is 0 Å². The molecule has 1 atom stereocenters. The van der Waals surface area contributed by atoms with Gasteiger partial charge in [-0.15, -0.1) is 0 Å².